The molecule has 0 fully saturated rings. The molecule has 0 heterocycles. The monoisotopic (exact) mass is 499 g/mol. The minimum atomic E-state index is -0.0374. The summed E-state index contributed by atoms with van der Waals surface area (Å²) < 4.78 is 16.6. The van der Waals surface area contributed by atoms with Crippen LogP contribution in [-0.4, -0.2) is 39.9 Å². The molecule has 0 aromatic heterocycles. The number of aliphatic imine (C=N–C) groups is 1. The highest BCUT2D eigenvalue weighted by molar-refractivity contribution is 14.0. The van der Waals surface area contributed by atoms with Crippen LogP contribution in [0.25, 0.3) is 0 Å². The van der Waals surface area contributed by atoms with E-state index in [4.69, 9.17) is 14.2 Å². The number of rotatable bonds is 8. The van der Waals surface area contributed by atoms with Crippen molar-refractivity contribution in [3.05, 3.63) is 53.6 Å². The molecule has 0 saturated carbocycles. The average molecular weight is 499 g/mol. The summed E-state index contributed by atoms with van der Waals surface area (Å²) in [5, 5.41) is 6.58. The number of methoxy groups -OCH3 is 2. The Morgan fingerprint density at radius 2 is 1.79 bits per heavy atom. The van der Waals surface area contributed by atoms with Crippen LogP contribution in [-0.2, 0) is 6.54 Å². The largest absolute Gasteiger partial charge is 0.497 e. The van der Waals surface area contributed by atoms with Gasteiger partial charge in [-0.2, -0.15) is 0 Å². The molecule has 2 aromatic rings. The third kappa shape index (κ3) is 7.46. The normalized spacial score (nSPS) is 11.8. The standard InChI is InChI=1S/C21H29N3O3.HI/c1-15-9-10-17(20(11-15)26-5)14-24-21(22-3)23-13-16(2)27-19-8-6-7-18(12-19)25-4;/h6-12,16H,13-14H2,1-5H3,(H2,22,23,24);1H. The lowest BCUT2D eigenvalue weighted by Gasteiger charge is -2.18. The molecular weight excluding hydrogens is 469 g/mol. The van der Waals surface area contributed by atoms with Crippen molar-refractivity contribution in [3.8, 4) is 17.2 Å². The van der Waals surface area contributed by atoms with E-state index in [9.17, 15) is 0 Å². The third-order valence-corrected chi connectivity index (χ3v) is 4.05. The first-order valence-electron chi connectivity index (χ1n) is 8.94. The number of nitrogens with zero attached hydrogens (tertiary/aromatic N) is 1. The Morgan fingerprint density at radius 1 is 1.04 bits per heavy atom. The number of guanidine groups is 1. The number of aryl methyl sites for hydroxylation is 1. The Balaban J connectivity index is 0.00000392. The zero-order valence-electron chi connectivity index (χ0n) is 17.1. The Morgan fingerprint density at radius 3 is 2.46 bits per heavy atom. The highest BCUT2D eigenvalue weighted by atomic mass is 127. The van der Waals surface area contributed by atoms with Gasteiger partial charge in [0.1, 0.15) is 23.4 Å². The van der Waals surface area contributed by atoms with Crippen LogP contribution in [0.1, 0.15) is 18.1 Å². The SMILES string of the molecule is CN=C(NCc1ccc(C)cc1OC)NCC(C)Oc1cccc(OC)c1.I. The van der Waals surface area contributed by atoms with E-state index in [0.29, 0.717) is 19.0 Å². The molecule has 6 nitrogen and oxygen atoms in total. The molecule has 2 rings (SSSR count). The Labute approximate surface area is 184 Å². The molecule has 0 saturated heterocycles. The van der Waals surface area contributed by atoms with Crippen LogP contribution in [0, 0.1) is 6.92 Å². The van der Waals surface area contributed by atoms with Crippen LogP contribution in [0.2, 0.25) is 0 Å². The van der Waals surface area contributed by atoms with Crippen molar-refractivity contribution in [2.45, 2.75) is 26.5 Å². The predicted molar refractivity (Wildman–Crippen MR) is 124 cm³/mol. The second kappa shape index (κ2) is 12.3. The molecule has 0 bridgehead atoms. The molecule has 2 aromatic carbocycles. The number of nitrogens with one attached hydrogen (secondary N) is 2. The molecule has 2 N–H and O–H groups in total. The van der Waals surface area contributed by atoms with Gasteiger partial charge in [0.25, 0.3) is 0 Å². The third-order valence-electron chi connectivity index (χ3n) is 4.05. The van der Waals surface area contributed by atoms with Gasteiger partial charge < -0.3 is 24.8 Å². The van der Waals surface area contributed by atoms with E-state index in [-0.39, 0.29) is 30.1 Å². The van der Waals surface area contributed by atoms with Crippen LogP contribution in [0.4, 0.5) is 0 Å². The van der Waals surface area contributed by atoms with Crippen LogP contribution in [0.5, 0.6) is 17.2 Å². The number of hydrogen-bond acceptors (Lipinski definition) is 4. The Bertz CT molecular complexity index is 768. The molecule has 154 valence electrons. The summed E-state index contributed by atoms with van der Waals surface area (Å²) in [6, 6.07) is 13.7. The zero-order chi connectivity index (χ0) is 19.6. The second-order valence-corrected chi connectivity index (χ2v) is 6.23. The van der Waals surface area contributed by atoms with Gasteiger partial charge in [-0.05, 0) is 37.6 Å². The van der Waals surface area contributed by atoms with Gasteiger partial charge in [0, 0.05) is 25.2 Å². The summed E-state index contributed by atoms with van der Waals surface area (Å²) in [4.78, 5) is 4.26. The van der Waals surface area contributed by atoms with E-state index in [1.165, 1.54) is 5.56 Å². The summed E-state index contributed by atoms with van der Waals surface area (Å²) >= 11 is 0. The van der Waals surface area contributed by atoms with Crippen LogP contribution in [0.15, 0.2) is 47.5 Å². The zero-order valence-corrected chi connectivity index (χ0v) is 19.4. The highest BCUT2D eigenvalue weighted by Crippen LogP contribution is 2.20. The average Bonchev–Trinajstić information content (AvgIpc) is 2.68. The molecule has 1 atom stereocenters. The molecule has 0 aliphatic heterocycles. The van der Waals surface area contributed by atoms with Crippen molar-refractivity contribution in [2.24, 2.45) is 4.99 Å². The van der Waals surface area contributed by atoms with Gasteiger partial charge in [-0.1, -0.05) is 18.2 Å². The van der Waals surface area contributed by atoms with Crippen molar-refractivity contribution < 1.29 is 14.2 Å². The molecule has 0 amide bonds. The van der Waals surface area contributed by atoms with Crippen molar-refractivity contribution in [1.82, 2.24) is 10.6 Å². The van der Waals surface area contributed by atoms with Gasteiger partial charge in [-0.25, -0.2) is 0 Å². The second-order valence-electron chi connectivity index (χ2n) is 6.23. The molecule has 0 radical (unpaired) electrons. The minimum Gasteiger partial charge on any atom is -0.497 e. The maximum atomic E-state index is 5.92. The fraction of sp³-hybridized carbons (Fsp3) is 0.381. The minimum absolute atomic E-state index is 0. The number of ether oxygens (including phenoxy) is 3. The first-order valence-corrected chi connectivity index (χ1v) is 8.94. The Hall–Kier alpha value is -2.16. The van der Waals surface area contributed by atoms with E-state index in [1.807, 2.05) is 44.2 Å². The van der Waals surface area contributed by atoms with Crippen molar-refractivity contribution in [3.63, 3.8) is 0 Å². The van der Waals surface area contributed by atoms with Crippen molar-refractivity contribution >= 4 is 29.9 Å². The maximum Gasteiger partial charge on any atom is 0.191 e. The Kier molecular flexibility index (Phi) is 10.5. The van der Waals surface area contributed by atoms with Gasteiger partial charge in [-0.3, -0.25) is 4.99 Å². The first kappa shape index (κ1) is 23.9. The maximum absolute atomic E-state index is 5.92. The molecule has 7 heteroatoms. The quantitative estimate of drug-likeness (QED) is 0.329. The van der Waals surface area contributed by atoms with Gasteiger partial charge in [0.2, 0.25) is 0 Å². The highest BCUT2D eigenvalue weighted by Gasteiger charge is 2.08. The fourth-order valence-corrected chi connectivity index (χ4v) is 2.59. The molecule has 0 aliphatic carbocycles. The van der Waals surface area contributed by atoms with Crippen molar-refractivity contribution in [2.75, 3.05) is 27.8 Å². The first-order chi connectivity index (χ1) is 13.0. The summed E-state index contributed by atoms with van der Waals surface area (Å²) in [5.74, 6) is 3.12. The molecular formula is C21H30IN3O3. The predicted octanol–water partition coefficient (Wildman–Crippen LogP) is 3.76. The van der Waals surface area contributed by atoms with E-state index in [0.717, 1.165) is 22.8 Å². The number of benzene rings is 2. The van der Waals surface area contributed by atoms with Gasteiger partial charge >= 0.3 is 0 Å². The van der Waals surface area contributed by atoms with E-state index >= 15 is 0 Å². The summed E-state index contributed by atoms with van der Waals surface area (Å²) in [6.07, 6.45) is -0.0374. The van der Waals surface area contributed by atoms with Crippen molar-refractivity contribution in [1.29, 1.82) is 0 Å². The van der Waals surface area contributed by atoms with Crippen LogP contribution in [0.3, 0.4) is 0 Å². The van der Waals surface area contributed by atoms with Gasteiger partial charge in [0.15, 0.2) is 5.96 Å². The smallest absolute Gasteiger partial charge is 0.191 e. The van der Waals surface area contributed by atoms with Gasteiger partial charge in [-0.15, -0.1) is 24.0 Å². The van der Waals surface area contributed by atoms with E-state index < -0.39 is 0 Å². The lowest BCUT2D eigenvalue weighted by Crippen LogP contribution is -2.41. The lowest BCUT2D eigenvalue weighted by molar-refractivity contribution is 0.223. The fourth-order valence-electron chi connectivity index (χ4n) is 2.59. The summed E-state index contributed by atoms with van der Waals surface area (Å²) in [6.45, 7) is 5.28. The topological polar surface area (TPSA) is 64.1 Å². The summed E-state index contributed by atoms with van der Waals surface area (Å²) in [7, 11) is 5.07. The molecule has 1 unspecified atom stereocenters. The number of hydrogen-bond donors (Lipinski definition) is 2. The molecule has 0 spiro atoms. The summed E-state index contributed by atoms with van der Waals surface area (Å²) in [5.41, 5.74) is 2.24. The molecule has 0 aliphatic rings. The van der Waals surface area contributed by atoms with Crippen LogP contribution >= 0.6 is 24.0 Å². The van der Waals surface area contributed by atoms with E-state index in [1.54, 1.807) is 21.3 Å². The number of halogens is 1. The lowest BCUT2D eigenvalue weighted by atomic mass is 10.1. The van der Waals surface area contributed by atoms with Crippen LogP contribution < -0.4 is 24.8 Å². The molecule has 28 heavy (non-hydrogen) atoms. The van der Waals surface area contributed by atoms with E-state index in [2.05, 4.69) is 27.8 Å². The van der Waals surface area contributed by atoms with Gasteiger partial charge in [0.05, 0.1) is 20.8 Å².